The Bertz CT molecular complexity index is 907. The van der Waals surface area contributed by atoms with Gasteiger partial charge in [0.2, 0.25) is 0 Å². The van der Waals surface area contributed by atoms with E-state index in [9.17, 15) is 9.59 Å². The number of aryl methyl sites for hydroxylation is 3. The summed E-state index contributed by atoms with van der Waals surface area (Å²) in [6, 6.07) is 1.78. The first-order valence-electron chi connectivity index (χ1n) is 10.0. The standard InChI is InChI=1S/C21H33N5O3/c1-9-21(10-2,12-22-19(28)29-20(5,6)7)24-18(27)15-11-13(3)23-17-16(15)14(4)25-26(17)8/h11H,9-10,12H2,1-8H3,(H,22,28)(H,24,27). The van der Waals surface area contributed by atoms with Gasteiger partial charge in [0.25, 0.3) is 5.91 Å². The van der Waals surface area contributed by atoms with Crippen molar-refractivity contribution < 1.29 is 14.3 Å². The minimum absolute atomic E-state index is 0.203. The lowest BCUT2D eigenvalue weighted by Gasteiger charge is -2.33. The number of fused-ring (bicyclic) bond motifs is 1. The number of carbonyl (C=O) groups excluding carboxylic acids is 2. The molecule has 2 N–H and O–H groups in total. The molecule has 2 amide bonds. The molecule has 0 bridgehead atoms. The van der Waals surface area contributed by atoms with Crippen LogP contribution in [0.4, 0.5) is 4.79 Å². The predicted octanol–water partition coefficient (Wildman–Crippen LogP) is 3.40. The van der Waals surface area contributed by atoms with E-state index < -0.39 is 17.2 Å². The van der Waals surface area contributed by atoms with E-state index in [0.29, 0.717) is 24.1 Å². The van der Waals surface area contributed by atoms with Crippen LogP contribution in [-0.4, -0.2) is 44.4 Å². The molecule has 2 aromatic rings. The molecule has 160 valence electrons. The summed E-state index contributed by atoms with van der Waals surface area (Å²) >= 11 is 0. The average Bonchev–Trinajstić information content (AvgIpc) is 2.90. The van der Waals surface area contributed by atoms with Crippen LogP contribution in [0, 0.1) is 13.8 Å². The lowest BCUT2D eigenvalue weighted by atomic mass is 9.92. The Labute approximate surface area is 172 Å². The maximum Gasteiger partial charge on any atom is 0.407 e. The third-order valence-electron chi connectivity index (χ3n) is 5.04. The number of hydrogen-bond donors (Lipinski definition) is 2. The number of nitrogens with one attached hydrogen (secondary N) is 2. The molecule has 2 aromatic heterocycles. The van der Waals surface area contributed by atoms with E-state index in [0.717, 1.165) is 16.8 Å². The normalized spacial score (nSPS) is 12.1. The molecule has 0 aliphatic rings. The summed E-state index contributed by atoms with van der Waals surface area (Å²) in [5.74, 6) is -0.203. The molecule has 2 rings (SSSR count). The van der Waals surface area contributed by atoms with Crippen LogP contribution < -0.4 is 10.6 Å². The first-order chi connectivity index (χ1) is 13.4. The van der Waals surface area contributed by atoms with Crippen molar-refractivity contribution >= 4 is 23.0 Å². The number of rotatable bonds is 6. The van der Waals surface area contributed by atoms with Gasteiger partial charge in [0, 0.05) is 19.3 Å². The van der Waals surface area contributed by atoms with Crippen LogP contribution in [0.25, 0.3) is 11.0 Å². The highest BCUT2D eigenvalue weighted by Crippen LogP contribution is 2.23. The highest BCUT2D eigenvalue weighted by atomic mass is 16.6. The van der Waals surface area contributed by atoms with E-state index in [1.807, 2.05) is 55.5 Å². The zero-order valence-electron chi connectivity index (χ0n) is 18.8. The van der Waals surface area contributed by atoms with E-state index in [4.69, 9.17) is 4.74 Å². The summed E-state index contributed by atoms with van der Waals surface area (Å²) in [6.45, 7) is 13.4. The average molecular weight is 404 g/mol. The van der Waals surface area contributed by atoms with Crippen LogP contribution in [0.3, 0.4) is 0 Å². The molecule has 8 nitrogen and oxygen atoms in total. The number of pyridine rings is 1. The van der Waals surface area contributed by atoms with Gasteiger partial charge in [-0.1, -0.05) is 13.8 Å². The monoisotopic (exact) mass is 403 g/mol. The molecule has 29 heavy (non-hydrogen) atoms. The summed E-state index contributed by atoms with van der Waals surface area (Å²) in [4.78, 5) is 29.9. The van der Waals surface area contributed by atoms with Crippen molar-refractivity contribution in [3.05, 3.63) is 23.0 Å². The number of aromatic nitrogens is 3. The topological polar surface area (TPSA) is 98.1 Å². The van der Waals surface area contributed by atoms with Crippen LogP contribution in [0.15, 0.2) is 6.07 Å². The second-order valence-corrected chi connectivity index (χ2v) is 8.52. The van der Waals surface area contributed by atoms with E-state index in [1.165, 1.54) is 0 Å². The Balaban J connectivity index is 2.28. The van der Waals surface area contributed by atoms with Crippen molar-refractivity contribution in [3.63, 3.8) is 0 Å². The van der Waals surface area contributed by atoms with Gasteiger partial charge in [-0.3, -0.25) is 9.48 Å². The van der Waals surface area contributed by atoms with Gasteiger partial charge < -0.3 is 15.4 Å². The van der Waals surface area contributed by atoms with Crippen LogP contribution in [0.2, 0.25) is 0 Å². The zero-order chi connectivity index (χ0) is 22.0. The highest BCUT2D eigenvalue weighted by Gasteiger charge is 2.31. The largest absolute Gasteiger partial charge is 0.444 e. The minimum Gasteiger partial charge on any atom is -0.444 e. The molecule has 0 saturated heterocycles. The Morgan fingerprint density at radius 2 is 1.79 bits per heavy atom. The number of alkyl carbamates (subject to hydrolysis) is 1. The molecule has 0 unspecified atom stereocenters. The third-order valence-corrected chi connectivity index (χ3v) is 5.04. The molecule has 0 aliphatic heterocycles. The molecule has 0 saturated carbocycles. The number of hydrogen-bond acceptors (Lipinski definition) is 5. The lowest BCUT2D eigenvalue weighted by molar-refractivity contribution is 0.0502. The Morgan fingerprint density at radius 3 is 2.34 bits per heavy atom. The molecule has 0 atom stereocenters. The third kappa shape index (κ3) is 5.25. The zero-order valence-corrected chi connectivity index (χ0v) is 18.8. The first-order valence-corrected chi connectivity index (χ1v) is 10.0. The van der Waals surface area contributed by atoms with Gasteiger partial charge in [-0.15, -0.1) is 0 Å². The molecule has 0 aromatic carbocycles. The van der Waals surface area contributed by atoms with Gasteiger partial charge in [-0.05, 0) is 53.5 Å². The van der Waals surface area contributed by atoms with Gasteiger partial charge in [-0.25, -0.2) is 9.78 Å². The summed E-state index contributed by atoms with van der Waals surface area (Å²) in [6.07, 6.45) is 0.817. The van der Waals surface area contributed by atoms with Gasteiger partial charge >= 0.3 is 6.09 Å². The van der Waals surface area contributed by atoms with Crippen LogP contribution in [0.5, 0.6) is 0 Å². The van der Waals surface area contributed by atoms with E-state index in [-0.39, 0.29) is 12.5 Å². The van der Waals surface area contributed by atoms with Crippen LogP contribution in [0.1, 0.15) is 69.2 Å². The highest BCUT2D eigenvalue weighted by molar-refractivity contribution is 6.06. The number of ether oxygens (including phenoxy) is 1. The van der Waals surface area contributed by atoms with Gasteiger partial charge in [-0.2, -0.15) is 5.10 Å². The van der Waals surface area contributed by atoms with Crippen molar-refractivity contribution in [1.29, 1.82) is 0 Å². The first kappa shape index (κ1) is 22.6. The van der Waals surface area contributed by atoms with E-state index >= 15 is 0 Å². The molecular weight excluding hydrogens is 370 g/mol. The van der Waals surface area contributed by atoms with Crippen molar-refractivity contribution in [3.8, 4) is 0 Å². The quantitative estimate of drug-likeness (QED) is 0.770. The van der Waals surface area contributed by atoms with E-state index in [2.05, 4.69) is 20.7 Å². The number of nitrogens with zero attached hydrogens (tertiary/aromatic N) is 3. The van der Waals surface area contributed by atoms with Crippen molar-refractivity contribution in [1.82, 2.24) is 25.4 Å². The van der Waals surface area contributed by atoms with E-state index in [1.54, 1.807) is 10.7 Å². The summed E-state index contributed by atoms with van der Waals surface area (Å²) < 4.78 is 7.01. The molecule has 2 heterocycles. The molecule has 0 aliphatic carbocycles. The number of carbonyl (C=O) groups is 2. The maximum absolute atomic E-state index is 13.3. The van der Waals surface area contributed by atoms with Gasteiger partial charge in [0.05, 0.1) is 22.2 Å². The second kappa shape index (κ2) is 8.39. The van der Waals surface area contributed by atoms with Crippen LogP contribution >= 0.6 is 0 Å². The Morgan fingerprint density at radius 1 is 1.17 bits per heavy atom. The fourth-order valence-corrected chi connectivity index (χ4v) is 3.33. The lowest BCUT2D eigenvalue weighted by Crippen LogP contribution is -2.55. The summed E-state index contributed by atoms with van der Waals surface area (Å²) in [5, 5.41) is 11.1. The van der Waals surface area contributed by atoms with Crippen LogP contribution in [-0.2, 0) is 11.8 Å². The fraction of sp³-hybridized carbons (Fsp3) is 0.619. The van der Waals surface area contributed by atoms with Crippen molar-refractivity contribution in [2.45, 2.75) is 72.4 Å². The van der Waals surface area contributed by atoms with Crippen molar-refractivity contribution in [2.24, 2.45) is 7.05 Å². The molecule has 8 heteroatoms. The fourth-order valence-electron chi connectivity index (χ4n) is 3.33. The van der Waals surface area contributed by atoms with Crippen molar-refractivity contribution in [2.75, 3.05) is 6.54 Å². The maximum atomic E-state index is 13.3. The smallest absolute Gasteiger partial charge is 0.407 e. The predicted molar refractivity (Wildman–Crippen MR) is 113 cm³/mol. The molecule has 0 spiro atoms. The Kier molecular flexibility index (Phi) is 6.55. The molecule has 0 fully saturated rings. The SMILES string of the molecule is CCC(CC)(CNC(=O)OC(C)(C)C)NC(=O)c1cc(C)nc2c1c(C)nn2C. The van der Waals surface area contributed by atoms with Gasteiger partial charge in [0.1, 0.15) is 5.60 Å². The second-order valence-electron chi connectivity index (χ2n) is 8.52. The molecular formula is C21H33N5O3. The minimum atomic E-state index is -0.590. The summed E-state index contributed by atoms with van der Waals surface area (Å²) in [5.41, 5.74) is 1.56. The Hall–Kier alpha value is -2.64. The summed E-state index contributed by atoms with van der Waals surface area (Å²) in [7, 11) is 1.82. The molecule has 0 radical (unpaired) electrons. The number of amides is 2. The van der Waals surface area contributed by atoms with Gasteiger partial charge in [0.15, 0.2) is 5.65 Å².